The Morgan fingerprint density at radius 3 is 2.33 bits per heavy atom. The molecule has 0 fully saturated rings. The predicted octanol–water partition coefficient (Wildman–Crippen LogP) is 3.50. The minimum atomic E-state index is 0.648. The summed E-state index contributed by atoms with van der Waals surface area (Å²) in [5.41, 5.74) is 4.08. The van der Waals surface area contributed by atoms with Gasteiger partial charge in [0.15, 0.2) is 0 Å². The number of nitrogens with zero attached hydrogens (tertiary/aromatic N) is 1. The quantitative estimate of drug-likeness (QED) is 0.455. The fourth-order valence-electron chi connectivity index (χ4n) is 1.28. The molecule has 0 aliphatic heterocycles. The number of oxime groups is 1. The molecule has 0 heterocycles. The van der Waals surface area contributed by atoms with Gasteiger partial charge < -0.3 is 5.21 Å². The summed E-state index contributed by atoms with van der Waals surface area (Å²) >= 11 is 0. The lowest BCUT2D eigenvalue weighted by Gasteiger charge is -2.00. The first-order valence-corrected chi connectivity index (χ1v) is 5.13. The summed E-state index contributed by atoms with van der Waals surface area (Å²) in [6.07, 6.45) is 3.06. The lowest BCUT2D eigenvalue weighted by Crippen LogP contribution is -1.92. The Morgan fingerprint density at radius 2 is 1.87 bits per heavy atom. The smallest absolute Gasteiger partial charge is 0.0794 e. The molecular weight excluding hydrogens is 186 g/mol. The Labute approximate surface area is 90.9 Å². The lowest BCUT2D eigenvalue weighted by molar-refractivity contribution is 0.319. The van der Waals surface area contributed by atoms with Gasteiger partial charge in [-0.15, -0.1) is 0 Å². The highest BCUT2D eigenvalue weighted by molar-refractivity contribution is 6.01. The fraction of sp³-hybridized carbons (Fsp3) is 0.308. The Kier molecular flexibility index (Phi) is 4.10. The molecule has 0 saturated carbocycles. The maximum absolute atomic E-state index is 8.61. The number of rotatable bonds is 3. The minimum Gasteiger partial charge on any atom is -0.411 e. The molecule has 2 nitrogen and oxygen atoms in total. The van der Waals surface area contributed by atoms with Gasteiger partial charge in [0, 0.05) is 0 Å². The van der Waals surface area contributed by atoms with Gasteiger partial charge >= 0.3 is 0 Å². The van der Waals surface area contributed by atoms with Crippen molar-refractivity contribution in [1.82, 2.24) is 0 Å². The molecule has 0 unspecified atom stereocenters. The van der Waals surface area contributed by atoms with Gasteiger partial charge in [0.1, 0.15) is 0 Å². The van der Waals surface area contributed by atoms with Gasteiger partial charge in [-0.1, -0.05) is 42.4 Å². The van der Waals surface area contributed by atoms with Gasteiger partial charge in [-0.3, -0.25) is 0 Å². The van der Waals surface area contributed by atoms with Gasteiger partial charge in [0.05, 0.1) is 5.71 Å². The second-order valence-electron chi connectivity index (χ2n) is 3.61. The third-order valence-corrected chi connectivity index (χ3v) is 2.49. The van der Waals surface area contributed by atoms with Crippen LogP contribution in [0.25, 0.3) is 6.08 Å². The molecule has 0 aliphatic rings. The van der Waals surface area contributed by atoms with E-state index in [0.29, 0.717) is 5.71 Å². The highest BCUT2D eigenvalue weighted by atomic mass is 16.4. The van der Waals surface area contributed by atoms with Crippen molar-refractivity contribution in [2.45, 2.75) is 27.2 Å². The van der Waals surface area contributed by atoms with E-state index in [1.54, 1.807) is 6.92 Å². The Balaban J connectivity index is 2.89. The second kappa shape index (κ2) is 5.35. The summed E-state index contributed by atoms with van der Waals surface area (Å²) in [4.78, 5) is 0. The number of hydrogen-bond donors (Lipinski definition) is 1. The molecule has 1 N–H and O–H groups in total. The van der Waals surface area contributed by atoms with Crippen LogP contribution in [0.2, 0.25) is 0 Å². The SMILES string of the molecule is CCc1ccc(/C=C(C)\C(C)=N\O)cc1. The molecule has 0 spiro atoms. The van der Waals surface area contributed by atoms with Gasteiger partial charge in [-0.2, -0.15) is 0 Å². The molecular formula is C13H17NO. The van der Waals surface area contributed by atoms with Crippen LogP contribution in [0, 0.1) is 0 Å². The number of aryl methyl sites for hydroxylation is 1. The first kappa shape index (κ1) is 11.5. The van der Waals surface area contributed by atoms with E-state index in [9.17, 15) is 0 Å². The first-order chi connectivity index (χ1) is 7.17. The summed E-state index contributed by atoms with van der Waals surface area (Å²) < 4.78 is 0. The van der Waals surface area contributed by atoms with Crippen molar-refractivity contribution in [3.05, 3.63) is 41.0 Å². The predicted molar refractivity (Wildman–Crippen MR) is 64.4 cm³/mol. The highest BCUT2D eigenvalue weighted by Crippen LogP contribution is 2.10. The molecule has 15 heavy (non-hydrogen) atoms. The van der Waals surface area contributed by atoms with Crippen LogP contribution in [0.15, 0.2) is 35.0 Å². The van der Waals surface area contributed by atoms with Crippen LogP contribution in [0.3, 0.4) is 0 Å². The monoisotopic (exact) mass is 203 g/mol. The molecule has 0 saturated heterocycles. The Morgan fingerprint density at radius 1 is 1.27 bits per heavy atom. The standard InChI is InChI=1S/C13H17NO/c1-4-12-5-7-13(8-6-12)9-10(2)11(3)14-15/h5-9,15H,4H2,1-3H3/b10-9-,14-11+. The van der Waals surface area contributed by atoms with Crippen molar-refractivity contribution in [2.75, 3.05) is 0 Å². The van der Waals surface area contributed by atoms with Crippen LogP contribution in [0.1, 0.15) is 31.9 Å². The van der Waals surface area contributed by atoms with Crippen molar-refractivity contribution < 1.29 is 5.21 Å². The van der Waals surface area contributed by atoms with Crippen molar-refractivity contribution in [3.63, 3.8) is 0 Å². The molecule has 0 radical (unpaired) electrons. The van der Waals surface area contributed by atoms with Crippen LogP contribution in [-0.2, 0) is 6.42 Å². The zero-order valence-corrected chi connectivity index (χ0v) is 9.49. The fourth-order valence-corrected chi connectivity index (χ4v) is 1.28. The van der Waals surface area contributed by atoms with Gasteiger partial charge in [0.25, 0.3) is 0 Å². The van der Waals surface area contributed by atoms with E-state index in [4.69, 9.17) is 5.21 Å². The van der Waals surface area contributed by atoms with E-state index >= 15 is 0 Å². The van der Waals surface area contributed by atoms with E-state index in [0.717, 1.165) is 17.6 Å². The molecule has 2 heteroatoms. The molecule has 0 amide bonds. The average molecular weight is 203 g/mol. The van der Waals surface area contributed by atoms with E-state index in [1.807, 2.05) is 13.0 Å². The summed E-state index contributed by atoms with van der Waals surface area (Å²) in [5, 5.41) is 11.8. The first-order valence-electron chi connectivity index (χ1n) is 5.13. The molecule has 0 aromatic heterocycles. The van der Waals surface area contributed by atoms with Crippen molar-refractivity contribution in [1.29, 1.82) is 0 Å². The van der Waals surface area contributed by atoms with Crippen LogP contribution in [0.5, 0.6) is 0 Å². The molecule has 1 aromatic carbocycles. The summed E-state index contributed by atoms with van der Waals surface area (Å²) in [5.74, 6) is 0. The van der Waals surface area contributed by atoms with Crippen LogP contribution in [-0.4, -0.2) is 10.9 Å². The molecule has 1 rings (SSSR count). The maximum atomic E-state index is 8.61. The van der Waals surface area contributed by atoms with E-state index in [-0.39, 0.29) is 0 Å². The number of allylic oxidation sites excluding steroid dienone is 1. The largest absolute Gasteiger partial charge is 0.411 e. The lowest BCUT2D eigenvalue weighted by atomic mass is 10.1. The molecule has 0 aliphatic carbocycles. The molecule has 0 atom stereocenters. The van der Waals surface area contributed by atoms with Crippen molar-refractivity contribution in [2.24, 2.45) is 5.16 Å². The summed E-state index contributed by atoms with van der Waals surface area (Å²) in [7, 11) is 0. The molecule has 0 bridgehead atoms. The van der Waals surface area contributed by atoms with E-state index < -0.39 is 0 Å². The van der Waals surface area contributed by atoms with Crippen molar-refractivity contribution >= 4 is 11.8 Å². The summed E-state index contributed by atoms with van der Waals surface area (Å²) in [6.45, 7) is 5.85. The van der Waals surface area contributed by atoms with Gasteiger partial charge in [-0.25, -0.2) is 0 Å². The van der Waals surface area contributed by atoms with Crippen molar-refractivity contribution in [3.8, 4) is 0 Å². The molecule has 1 aromatic rings. The van der Waals surface area contributed by atoms with Crippen LogP contribution in [0.4, 0.5) is 0 Å². The second-order valence-corrected chi connectivity index (χ2v) is 3.61. The normalized spacial score (nSPS) is 13.0. The minimum absolute atomic E-state index is 0.648. The van der Waals surface area contributed by atoms with Gasteiger partial charge in [0.2, 0.25) is 0 Å². The zero-order valence-electron chi connectivity index (χ0n) is 9.49. The van der Waals surface area contributed by atoms with E-state index in [2.05, 4.69) is 36.3 Å². The van der Waals surface area contributed by atoms with Crippen LogP contribution >= 0.6 is 0 Å². The highest BCUT2D eigenvalue weighted by Gasteiger charge is 1.96. The zero-order chi connectivity index (χ0) is 11.3. The molecule has 80 valence electrons. The van der Waals surface area contributed by atoms with Crippen LogP contribution < -0.4 is 0 Å². The Hall–Kier alpha value is -1.57. The van der Waals surface area contributed by atoms with Gasteiger partial charge in [-0.05, 0) is 37.0 Å². The number of hydrogen-bond acceptors (Lipinski definition) is 2. The third kappa shape index (κ3) is 3.24. The summed E-state index contributed by atoms with van der Waals surface area (Å²) in [6, 6.07) is 8.38. The number of benzene rings is 1. The van der Waals surface area contributed by atoms with E-state index in [1.165, 1.54) is 5.56 Å². The average Bonchev–Trinajstić information content (AvgIpc) is 2.29. The topological polar surface area (TPSA) is 32.6 Å². The maximum Gasteiger partial charge on any atom is 0.0794 e. The third-order valence-electron chi connectivity index (χ3n) is 2.49. The Bertz CT molecular complexity index is 374.